The number of piperidine rings is 1. The van der Waals surface area contributed by atoms with Gasteiger partial charge in [-0.3, -0.25) is 4.90 Å². The summed E-state index contributed by atoms with van der Waals surface area (Å²) >= 11 is 0. The van der Waals surface area contributed by atoms with E-state index in [9.17, 15) is 18.0 Å². The van der Waals surface area contributed by atoms with Crippen LogP contribution in [-0.4, -0.2) is 28.1 Å². The third-order valence-corrected chi connectivity index (χ3v) is 4.15. The predicted molar refractivity (Wildman–Crippen MR) is 88.5 cm³/mol. The lowest BCUT2D eigenvalue weighted by molar-refractivity contribution is -0.137. The summed E-state index contributed by atoms with van der Waals surface area (Å²) in [6.07, 6.45) is -2.60. The molecule has 0 N–H and O–H groups in total. The maximum Gasteiger partial charge on any atom is 0.416 e. The monoisotopic (exact) mass is 370 g/mol. The maximum atomic E-state index is 12.9. The highest BCUT2D eigenvalue weighted by Gasteiger charge is 2.35. The Morgan fingerprint density at radius 2 is 2.00 bits per heavy atom. The van der Waals surface area contributed by atoms with Crippen LogP contribution in [-0.2, 0) is 10.9 Å². The topological polar surface area (TPSA) is 55.6 Å². The van der Waals surface area contributed by atoms with E-state index in [-0.39, 0.29) is 11.5 Å². The molecule has 1 aromatic carbocycles. The van der Waals surface area contributed by atoms with Crippen LogP contribution >= 0.6 is 0 Å². The Hall–Kier alpha value is -2.25. The molecule has 0 radical (unpaired) electrons. The number of likely N-dealkylation sites (tertiary alicyclic amines) is 1. The number of benzene rings is 1. The first kappa shape index (κ1) is 18.5. The summed E-state index contributed by atoms with van der Waals surface area (Å²) in [6.45, 7) is 5.83. The molecule has 0 saturated carbocycles. The van der Waals surface area contributed by atoms with Gasteiger partial charge in [0.05, 0.1) is 5.56 Å². The van der Waals surface area contributed by atoms with Crippen molar-refractivity contribution in [2.45, 2.75) is 57.9 Å². The highest BCUT2D eigenvalue weighted by atomic mass is 19.4. The lowest BCUT2D eigenvalue weighted by Crippen LogP contribution is -2.42. The average molecular weight is 370 g/mol. The van der Waals surface area contributed by atoms with E-state index in [4.69, 9.17) is 9.15 Å². The van der Waals surface area contributed by atoms with E-state index in [0.717, 1.165) is 25.0 Å². The number of ether oxygens (including phenoxy) is 1. The first-order valence-corrected chi connectivity index (χ1v) is 8.52. The van der Waals surface area contributed by atoms with Crippen LogP contribution in [0.2, 0.25) is 0 Å². The van der Waals surface area contributed by atoms with E-state index >= 15 is 0 Å². The van der Waals surface area contributed by atoms with Gasteiger partial charge >= 0.3 is 12.3 Å². The van der Waals surface area contributed by atoms with E-state index in [1.54, 1.807) is 25.7 Å². The van der Waals surface area contributed by atoms with E-state index in [0.29, 0.717) is 18.5 Å². The van der Waals surface area contributed by atoms with E-state index < -0.39 is 29.5 Å². The van der Waals surface area contributed by atoms with E-state index in [2.05, 4.69) is 4.98 Å². The number of nitrogens with zero attached hydrogens (tertiary/aromatic N) is 2. The Bertz CT molecular complexity index is 808. The van der Waals surface area contributed by atoms with Gasteiger partial charge in [-0.2, -0.15) is 13.2 Å². The summed E-state index contributed by atoms with van der Waals surface area (Å²) in [5, 5.41) is 0. The first-order valence-electron chi connectivity index (χ1n) is 8.52. The van der Waals surface area contributed by atoms with Gasteiger partial charge in [-0.25, -0.2) is 9.78 Å². The Balaban J connectivity index is 1.91. The van der Waals surface area contributed by atoms with E-state index in [1.165, 1.54) is 6.07 Å². The van der Waals surface area contributed by atoms with Gasteiger partial charge in [-0.1, -0.05) is 0 Å². The van der Waals surface area contributed by atoms with Crippen molar-refractivity contribution in [1.82, 2.24) is 9.88 Å². The van der Waals surface area contributed by atoms with Gasteiger partial charge in [-0.15, -0.1) is 0 Å². The number of aromatic nitrogens is 1. The molecule has 0 spiro atoms. The molecule has 2 aromatic rings. The zero-order valence-corrected chi connectivity index (χ0v) is 14.9. The molecule has 1 atom stereocenters. The molecule has 1 amide bonds. The smallest absolute Gasteiger partial charge is 0.416 e. The van der Waals surface area contributed by atoms with Gasteiger partial charge in [0.15, 0.2) is 5.58 Å². The number of carbonyl (C=O) groups is 1. The fourth-order valence-corrected chi connectivity index (χ4v) is 2.99. The molecule has 8 heteroatoms. The molecule has 5 nitrogen and oxygen atoms in total. The number of fused-ring (bicyclic) bond motifs is 1. The number of alkyl halides is 3. The fraction of sp³-hybridized carbons (Fsp3) is 0.556. The predicted octanol–water partition coefficient (Wildman–Crippen LogP) is 5.31. The van der Waals surface area contributed by atoms with E-state index in [1.807, 2.05) is 0 Å². The molecule has 0 bridgehead atoms. The van der Waals surface area contributed by atoms with Crippen LogP contribution in [0.1, 0.15) is 57.5 Å². The van der Waals surface area contributed by atoms with Crippen LogP contribution < -0.4 is 0 Å². The lowest BCUT2D eigenvalue weighted by atomic mass is 10.0. The van der Waals surface area contributed by atoms with Crippen molar-refractivity contribution in [2.75, 3.05) is 6.54 Å². The van der Waals surface area contributed by atoms with Crippen molar-refractivity contribution >= 4 is 17.2 Å². The Morgan fingerprint density at radius 1 is 1.27 bits per heavy atom. The molecule has 3 rings (SSSR count). The summed E-state index contributed by atoms with van der Waals surface area (Å²) in [7, 11) is 0. The molecule has 0 aliphatic carbocycles. The summed E-state index contributed by atoms with van der Waals surface area (Å²) < 4.78 is 49.6. The third-order valence-electron chi connectivity index (χ3n) is 4.15. The minimum absolute atomic E-state index is 0.0598. The van der Waals surface area contributed by atoms with Crippen molar-refractivity contribution < 1.29 is 27.1 Å². The Labute approximate surface area is 149 Å². The number of rotatable bonds is 1. The number of hydrogen-bond donors (Lipinski definition) is 0. The van der Waals surface area contributed by atoms with Crippen LogP contribution in [0.3, 0.4) is 0 Å². The van der Waals surface area contributed by atoms with Crippen LogP contribution in [0, 0.1) is 0 Å². The summed E-state index contributed by atoms with van der Waals surface area (Å²) in [6, 6.07) is 2.75. The van der Waals surface area contributed by atoms with Gasteiger partial charge in [0.1, 0.15) is 17.2 Å². The second kappa shape index (κ2) is 6.48. The Morgan fingerprint density at radius 3 is 2.65 bits per heavy atom. The van der Waals surface area contributed by atoms with Crippen molar-refractivity contribution in [2.24, 2.45) is 0 Å². The number of carbonyl (C=O) groups excluding carboxylic acids is 1. The lowest BCUT2D eigenvalue weighted by Gasteiger charge is -2.35. The van der Waals surface area contributed by atoms with Crippen LogP contribution in [0.5, 0.6) is 0 Å². The molecule has 1 fully saturated rings. The number of amides is 1. The van der Waals surface area contributed by atoms with Crippen LogP contribution in [0.15, 0.2) is 22.6 Å². The minimum atomic E-state index is -4.45. The van der Waals surface area contributed by atoms with Crippen molar-refractivity contribution in [3.05, 3.63) is 29.7 Å². The van der Waals surface area contributed by atoms with Crippen molar-refractivity contribution in [1.29, 1.82) is 0 Å². The maximum absolute atomic E-state index is 12.9. The highest BCUT2D eigenvalue weighted by molar-refractivity contribution is 5.74. The number of halogens is 3. The molecule has 1 aliphatic rings. The average Bonchev–Trinajstić information content (AvgIpc) is 2.95. The molecule has 1 saturated heterocycles. The molecular formula is C18H21F3N2O3. The number of hydrogen-bond acceptors (Lipinski definition) is 4. The molecular weight excluding hydrogens is 349 g/mol. The number of oxazole rings is 1. The summed E-state index contributed by atoms with van der Waals surface area (Å²) in [5.74, 6) is 0.241. The Kier molecular flexibility index (Phi) is 4.62. The fourth-order valence-electron chi connectivity index (χ4n) is 2.99. The minimum Gasteiger partial charge on any atom is -0.444 e. The molecule has 2 heterocycles. The quantitative estimate of drug-likeness (QED) is 0.683. The largest absolute Gasteiger partial charge is 0.444 e. The van der Waals surface area contributed by atoms with Crippen molar-refractivity contribution in [3.8, 4) is 0 Å². The third kappa shape index (κ3) is 3.94. The SMILES string of the molecule is CC(C)(C)OC(=O)N1CCCCC1c1nc2ccc(C(F)(F)F)cc2o1. The molecule has 1 aliphatic heterocycles. The second-order valence-corrected chi connectivity index (χ2v) is 7.42. The molecule has 26 heavy (non-hydrogen) atoms. The highest BCUT2D eigenvalue weighted by Crippen LogP contribution is 2.35. The van der Waals surface area contributed by atoms with Gasteiger partial charge in [0, 0.05) is 6.54 Å². The molecule has 1 unspecified atom stereocenters. The van der Waals surface area contributed by atoms with Gasteiger partial charge < -0.3 is 9.15 Å². The van der Waals surface area contributed by atoms with Gasteiger partial charge in [0.2, 0.25) is 5.89 Å². The zero-order valence-electron chi connectivity index (χ0n) is 14.9. The second-order valence-electron chi connectivity index (χ2n) is 7.42. The first-order chi connectivity index (χ1) is 12.0. The normalized spacial score (nSPS) is 19.0. The summed E-state index contributed by atoms with van der Waals surface area (Å²) in [5.41, 5.74) is -1.03. The van der Waals surface area contributed by atoms with Gasteiger partial charge in [-0.05, 0) is 58.2 Å². The molecule has 142 valence electrons. The van der Waals surface area contributed by atoms with Crippen LogP contribution in [0.25, 0.3) is 11.1 Å². The zero-order chi connectivity index (χ0) is 19.1. The standard InChI is InChI=1S/C18H21F3N2O3/c1-17(2,3)26-16(24)23-9-5-4-6-13(23)15-22-12-8-7-11(18(19,20)21)10-14(12)25-15/h7-8,10,13H,4-6,9H2,1-3H3. The van der Waals surface area contributed by atoms with Gasteiger partial charge in [0.25, 0.3) is 0 Å². The summed E-state index contributed by atoms with van der Waals surface area (Å²) in [4.78, 5) is 18.3. The van der Waals surface area contributed by atoms with Crippen LogP contribution in [0.4, 0.5) is 18.0 Å². The molecule has 1 aromatic heterocycles. The van der Waals surface area contributed by atoms with Crippen molar-refractivity contribution in [3.63, 3.8) is 0 Å².